The van der Waals surface area contributed by atoms with E-state index in [4.69, 9.17) is 0 Å². The van der Waals surface area contributed by atoms with Crippen molar-refractivity contribution in [1.29, 1.82) is 0 Å². The number of benzene rings is 2. The first-order chi connectivity index (χ1) is 12.6. The van der Waals surface area contributed by atoms with E-state index in [0.29, 0.717) is 18.2 Å². The van der Waals surface area contributed by atoms with E-state index in [9.17, 15) is 9.90 Å². The van der Waals surface area contributed by atoms with Crippen LogP contribution in [0.15, 0.2) is 64.8 Å². The minimum Gasteiger partial charge on any atom is -0.493 e. The largest absolute Gasteiger partial charge is 0.493 e. The number of carbonyl (C=O) groups excluding carboxylic acids is 1. The summed E-state index contributed by atoms with van der Waals surface area (Å²) in [6.07, 6.45) is 0. The smallest absolute Gasteiger partial charge is 0.283 e. The Labute approximate surface area is 152 Å². The van der Waals surface area contributed by atoms with E-state index in [1.165, 1.54) is 0 Å². The highest BCUT2D eigenvalue weighted by atomic mass is 16.3. The average Bonchev–Trinajstić information content (AvgIpc) is 2.90. The number of nitrogens with one attached hydrogen (secondary N) is 1. The second-order valence-electron chi connectivity index (χ2n) is 6.51. The van der Waals surface area contributed by atoms with Crippen molar-refractivity contribution in [2.45, 2.75) is 20.4 Å². The van der Waals surface area contributed by atoms with Crippen molar-refractivity contribution in [1.82, 2.24) is 4.57 Å². The highest BCUT2D eigenvalue weighted by molar-refractivity contribution is 5.95. The lowest BCUT2D eigenvalue weighted by Crippen LogP contribution is -2.10. The van der Waals surface area contributed by atoms with Crippen LogP contribution in [0.5, 0.6) is 5.88 Å². The molecule has 0 aliphatic carbocycles. The molecule has 1 amide bonds. The van der Waals surface area contributed by atoms with Gasteiger partial charge in [-0.1, -0.05) is 50.2 Å². The molecule has 6 nitrogen and oxygen atoms in total. The van der Waals surface area contributed by atoms with E-state index in [1.54, 1.807) is 4.57 Å². The average molecular weight is 350 g/mol. The molecule has 1 aromatic heterocycles. The maximum atomic E-state index is 12.0. The van der Waals surface area contributed by atoms with Gasteiger partial charge in [-0.3, -0.25) is 4.79 Å². The zero-order chi connectivity index (χ0) is 18.5. The molecule has 3 aromatic rings. The fraction of sp³-hybridized carbons (Fsp3) is 0.250. The number of aromatic nitrogens is 1. The molecule has 0 atom stereocenters. The Kier molecular flexibility index (Phi) is 5.31. The van der Waals surface area contributed by atoms with Crippen molar-refractivity contribution in [2.24, 2.45) is 16.1 Å². The molecule has 134 valence electrons. The SMILES string of the molecule is CC(C)Cn1c(O)c(N=NC(=O)CNc2ccccc2)c2ccccc21. The van der Waals surface area contributed by atoms with Gasteiger partial charge in [0.05, 0.1) is 12.1 Å². The van der Waals surface area contributed by atoms with E-state index < -0.39 is 5.91 Å². The minimum absolute atomic E-state index is 0.0347. The summed E-state index contributed by atoms with van der Waals surface area (Å²) in [7, 11) is 0. The van der Waals surface area contributed by atoms with Gasteiger partial charge in [0.15, 0.2) is 5.69 Å². The quantitative estimate of drug-likeness (QED) is 0.631. The van der Waals surface area contributed by atoms with Crippen molar-refractivity contribution in [2.75, 3.05) is 11.9 Å². The molecule has 2 aromatic carbocycles. The Morgan fingerprint density at radius 3 is 2.54 bits per heavy atom. The fourth-order valence-electron chi connectivity index (χ4n) is 2.79. The van der Waals surface area contributed by atoms with Crippen molar-refractivity contribution < 1.29 is 9.90 Å². The summed E-state index contributed by atoms with van der Waals surface area (Å²) in [4.78, 5) is 12.0. The molecule has 0 saturated heterocycles. The van der Waals surface area contributed by atoms with E-state index >= 15 is 0 Å². The third-order valence-corrected chi connectivity index (χ3v) is 3.94. The molecule has 6 heteroatoms. The molecule has 0 spiro atoms. The van der Waals surface area contributed by atoms with Gasteiger partial charge in [-0.25, -0.2) is 0 Å². The predicted octanol–water partition coefficient (Wildman–Crippen LogP) is 4.73. The van der Waals surface area contributed by atoms with Crippen molar-refractivity contribution in [3.05, 3.63) is 54.6 Å². The van der Waals surface area contributed by atoms with Gasteiger partial charge in [0.1, 0.15) is 0 Å². The molecular weight excluding hydrogens is 328 g/mol. The number of carbonyl (C=O) groups is 1. The van der Waals surface area contributed by atoms with Crippen LogP contribution >= 0.6 is 0 Å². The number of aromatic hydroxyl groups is 1. The van der Waals surface area contributed by atoms with Crippen LogP contribution in [-0.2, 0) is 11.3 Å². The van der Waals surface area contributed by atoms with Gasteiger partial charge >= 0.3 is 0 Å². The standard InChI is InChI=1S/C20H22N4O2/c1-14(2)13-24-17-11-7-6-10-16(17)19(20(24)26)23-22-18(25)12-21-15-8-4-3-5-9-15/h3-11,14,21,26H,12-13H2,1-2H3. The first-order valence-electron chi connectivity index (χ1n) is 8.60. The highest BCUT2D eigenvalue weighted by Crippen LogP contribution is 2.39. The summed E-state index contributed by atoms with van der Waals surface area (Å²) in [5, 5.41) is 22.1. The van der Waals surface area contributed by atoms with Gasteiger partial charge in [-0.2, -0.15) is 0 Å². The summed E-state index contributed by atoms with van der Waals surface area (Å²) in [6, 6.07) is 17.0. The Balaban J connectivity index is 1.80. The lowest BCUT2D eigenvalue weighted by atomic mass is 10.2. The van der Waals surface area contributed by atoms with Gasteiger partial charge in [0, 0.05) is 17.6 Å². The Hall–Kier alpha value is -3.15. The number of nitrogens with zero attached hydrogens (tertiary/aromatic N) is 3. The second kappa shape index (κ2) is 7.82. The zero-order valence-corrected chi connectivity index (χ0v) is 14.9. The van der Waals surface area contributed by atoms with Crippen molar-refractivity contribution in [3.63, 3.8) is 0 Å². The number of hydrogen-bond acceptors (Lipinski definition) is 4. The molecule has 0 radical (unpaired) electrons. The van der Waals surface area contributed by atoms with Gasteiger partial charge < -0.3 is 15.0 Å². The summed E-state index contributed by atoms with van der Waals surface area (Å²) in [6.45, 7) is 4.85. The van der Waals surface area contributed by atoms with Crippen molar-refractivity contribution >= 4 is 28.2 Å². The number of para-hydroxylation sites is 2. The Morgan fingerprint density at radius 2 is 1.81 bits per heavy atom. The molecule has 0 bridgehead atoms. The maximum absolute atomic E-state index is 12.0. The van der Waals surface area contributed by atoms with Crippen LogP contribution in [0.3, 0.4) is 0 Å². The number of amides is 1. The monoisotopic (exact) mass is 350 g/mol. The Bertz CT molecular complexity index is 930. The normalized spacial score (nSPS) is 11.5. The number of azo groups is 1. The summed E-state index contributed by atoms with van der Waals surface area (Å²) >= 11 is 0. The predicted molar refractivity (Wildman–Crippen MR) is 103 cm³/mol. The molecule has 0 unspecified atom stereocenters. The van der Waals surface area contributed by atoms with E-state index in [-0.39, 0.29) is 12.4 Å². The van der Waals surface area contributed by atoms with Gasteiger partial charge in [0.2, 0.25) is 5.88 Å². The highest BCUT2D eigenvalue weighted by Gasteiger charge is 2.17. The van der Waals surface area contributed by atoms with E-state index in [0.717, 1.165) is 16.6 Å². The van der Waals surface area contributed by atoms with Crippen LogP contribution in [0.2, 0.25) is 0 Å². The Morgan fingerprint density at radius 1 is 1.12 bits per heavy atom. The molecule has 1 heterocycles. The molecule has 3 rings (SSSR count). The maximum Gasteiger partial charge on any atom is 0.283 e. The fourth-order valence-corrected chi connectivity index (χ4v) is 2.79. The topological polar surface area (TPSA) is 79.0 Å². The first kappa shape index (κ1) is 17.7. The van der Waals surface area contributed by atoms with Crippen LogP contribution in [0.4, 0.5) is 11.4 Å². The van der Waals surface area contributed by atoms with E-state index in [1.807, 2.05) is 54.6 Å². The lowest BCUT2D eigenvalue weighted by Gasteiger charge is -2.09. The van der Waals surface area contributed by atoms with Gasteiger partial charge in [-0.05, 0) is 24.1 Å². The molecule has 26 heavy (non-hydrogen) atoms. The van der Waals surface area contributed by atoms with Crippen LogP contribution in [0, 0.1) is 5.92 Å². The number of anilines is 1. The summed E-state index contributed by atoms with van der Waals surface area (Å²) in [5.41, 5.74) is 2.05. The van der Waals surface area contributed by atoms with Crippen LogP contribution in [0.25, 0.3) is 10.9 Å². The molecule has 0 saturated carbocycles. The first-order valence-corrected chi connectivity index (χ1v) is 8.60. The van der Waals surface area contributed by atoms with Gasteiger partial charge in [0.25, 0.3) is 5.91 Å². The van der Waals surface area contributed by atoms with Crippen LogP contribution < -0.4 is 5.32 Å². The zero-order valence-electron chi connectivity index (χ0n) is 14.9. The molecule has 2 N–H and O–H groups in total. The van der Waals surface area contributed by atoms with Crippen LogP contribution in [-0.4, -0.2) is 22.1 Å². The molecule has 0 aliphatic rings. The summed E-state index contributed by atoms with van der Waals surface area (Å²) in [5.74, 6) is -0.0142. The molecular formula is C20H22N4O2. The third-order valence-electron chi connectivity index (χ3n) is 3.94. The molecule has 0 aliphatic heterocycles. The lowest BCUT2D eigenvalue weighted by molar-refractivity contribution is -0.116. The van der Waals surface area contributed by atoms with E-state index in [2.05, 4.69) is 29.4 Å². The third kappa shape index (κ3) is 3.91. The van der Waals surface area contributed by atoms with Gasteiger partial charge in [-0.15, -0.1) is 10.2 Å². The second-order valence-corrected chi connectivity index (χ2v) is 6.51. The summed E-state index contributed by atoms with van der Waals surface area (Å²) < 4.78 is 1.81. The molecule has 0 fully saturated rings. The van der Waals surface area contributed by atoms with Crippen molar-refractivity contribution in [3.8, 4) is 5.88 Å². The number of fused-ring (bicyclic) bond motifs is 1. The van der Waals surface area contributed by atoms with Crippen LogP contribution in [0.1, 0.15) is 13.8 Å². The number of rotatable bonds is 6. The number of hydrogen-bond donors (Lipinski definition) is 2. The minimum atomic E-state index is -0.408.